The van der Waals surface area contributed by atoms with Gasteiger partial charge in [0.25, 0.3) is 0 Å². The highest BCUT2D eigenvalue weighted by Crippen LogP contribution is 2.28. The van der Waals surface area contributed by atoms with Crippen molar-refractivity contribution in [3.63, 3.8) is 0 Å². The van der Waals surface area contributed by atoms with Crippen molar-refractivity contribution in [3.05, 3.63) is 81.9 Å². The first-order chi connectivity index (χ1) is 12.9. The normalized spacial score (nSPS) is 17.3. The topological polar surface area (TPSA) is 103 Å². The minimum atomic E-state index is -0.476. The van der Waals surface area contributed by atoms with Crippen LogP contribution in [0.15, 0.2) is 59.7 Å². The Kier molecular flexibility index (Phi) is 5.31. The summed E-state index contributed by atoms with van der Waals surface area (Å²) < 4.78 is 0. The van der Waals surface area contributed by atoms with Gasteiger partial charge in [0.2, 0.25) is 11.8 Å². The summed E-state index contributed by atoms with van der Waals surface area (Å²) in [6.07, 6.45) is 6.04. The average Bonchev–Trinajstić information content (AvgIpc) is 2.66. The molecule has 2 amide bonds. The number of hydrogen-bond donors (Lipinski definition) is 2. The summed E-state index contributed by atoms with van der Waals surface area (Å²) >= 11 is 0. The maximum atomic E-state index is 12.8. The van der Waals surface area contributed by atoms with Crippen LogP contribution in [0.5, 0.6) is 0 Å². The second kappa shape index (κ2) is 7.83. The fourth-order valence-electron chi connectivity index (χ4n) is 3.07. The van der Waals surface area contributed by atoms with Crippen molar-refractivity contribution in [3.8, 4) is 0 Å². The highest BCUT2D eigenvalue weighted by Gasteiger charge is 2.20. The van der Waals surface area contributed by atoms with Crippen molar-refractivity contribution < 1.29 is 14.4 Å². The van der Waals surface area contributed by atoms with Gasteiger partial charge < -0.3 is 11.5 Å². The Bertz CT molecular complexity index is 875. The molecule has 0 unspecified atom stereocenters. The molecule has 1 fully saturated rings. The highest BCUT2D eigenvalue weighted by molar-refractivity contribution is 6.14. The van der Waals surface area contributed by atoms with Gasteiger partial charge in [0.05, 0.1) is 0 Å². The second-order valence-electron chi connectivity index (χ2n) is 6.49. The van der Waals surface area contributed by atoms with E-state index in [0.29, 0.717) is 24.0 Å². The van der Waals surface area contributed by atoms with Crippen molar-refractivity contribution in [1.82, 2.24) is 0 Å². The van der Waals surface area contributed by atoms with E-state index in [1.807, 2.05) is 12.2 Å². The number of carbonyl (C=O) groups is 3. The average molecular weight is 360 g/mol. The van der Waals surface area contributed by atoms with Crippen molar-refractivity contribution >= 4 is 29.7 Å². The molecular weight excluding hydrogens is 340 g/mol. The van der Waals surface area contributed by atoms with Crippen LogP contribution in [-0.2, 0) is 4.79 Å². The van der Waals surface area contributed by atoms with Gasteiger partial charge in [-0.15, -0.1) is 0 Å². The SMILES string of the molecule is NC(=O)c1ccc(C=C2CCCC(=Cc3ccc(C(N)=O)cc3)C2=O)cc1. The number of nitrogens with two attached hydrogens (primary N) is 2. The van der Waals surface area contributed by atoms with Gasteiger partial charge in [0.1, 0.15) is 0 Å². The molecule has 27 heavy (non-hydrogen) atoms. The Morgan fingerprint density at radius 2 is 1.07 bits per heavy atom. The quantitative estimate of drug-likeness (QED) is 0.819. The van der Waals surface area contributed by atoms with E-state index in [1.54, 1.807) is 48.5 Å². The summed E-state index contributed by atoms with van der Waals surface area (Å²) in [4.78, 5) is 35.1. The lowest BCUT2D eigenvalue weighted by Crippen LogP contribution is -2.12. The van der Waals surface area contributed by atoms with Crippen molar-refractivity contribution in [1.29, 1.82) is 0 Å². The number of rotatable bonds is 4. The number of hydrogen-bond acceptors (Lipinski definition) is 3. The smallest absolute Gasteiger partial charge is 0.248 e. The number of allylic oxidation sites excluding steroid dienone is 2. The van der Waals surface area contributed by atoms with Crippen molar-refractivity contribution in [2.45, 2.75) is 19.3 Å². The van der Waals surface area contributed by atoms with Gasteiger partial charge in [-0.1, -0.05) is 24.3 Å². The summed E-state index contributed by atoms with van der Waals surface area (Å²) in [7, 11) is 0. The molecule has 4 N–H and O–H groups in total. The van der Waals surface area contributed by atoms with E-state index in [-0.39, 0.29) is 5.78 Å². The van der Waals surface area contributed by atoms with E-state index in [4.69, 9.17) is 11.5 Å². The summed E-state index contributed by atoms with van der Waals surface area (Å²) in [5, 5.41) is 0. The Morgan fingerprint density at radius 3 is 1.41 bits per heavy atom. The molecule has 1 aliphatic carbocycles. The predicted molar refractivity (Wildman–Crippen MR) is 105 cm³/mol. The molecule has 0 radical (unpaired) electrons. The maximum Gasteiger partial charge on any atom is 0.248 e. The Hall–Kier alpha value is -3.47. The van der Waals surface area contributed by atoms with Gasteiger partial charge in [0.15, 0.2) is 5.78 Å². The monoisotopic (exact) mass is 360 g/mol. The van der Waals surface area contributed by atoms with Crippen LogP contribution in [-0.4, -0.2) is 17.6 Å². The predicted octanol–water partition coefficient (Wildman–Crippen LogP) is 3.10. The lowest BCUT2D eigenvalue weighted by Gasteiger charge is -2.16. The first-order valence-corrected chi connectivity index (χ1v) is 8.69. The van der Waals surface area contributed by atoms with Gasteiger partial charge in [-0.3, -0.25) is 14.4 Å². The molecule has 0 spiro atoms. The first kappa shape index (κ1) is 18.3. The molecule has 0 bridgehead atoms. The maximum absolute atomic E-state index is 12.8. The standard InChI is InChI=1S/C22H20N2O3/c23-21(26)16-8-4-14(5-9-16)12-18-2-1-3-19(20(18)25)13-15-6-10-17(11-7-15)22(24)27/h4-13H,1-3H2,(H2,23,26)(H2,24,27). The molecule has 0 aliphatic heterocycles. The zero-order valence-electron chi connectivity index (χ0n) is 14.8. The fraction of sp³-hybridized carbons (Fsp3) is 0.136. The minimum Gasteiger partial charge on any atom is -0.366 e. The third kappa shape index (κ3) is 4.39. The molecule has 136 valence electrons. The van der Waals surface area contributed by atoms with E-state index in [2.05, 4.69) is 0 Å². The summed E-state index contributed by atoms with van der Waals surface area (Å²) in [5.74, 6) is -0.926. The number of carbonyl (C=O) groups excluding carboxylic acids is 3. The molecule has 2 aromatic carbocycles. The third-order valence-corrected chi connectivity index (χ3v) is 4.55. The lowest BCUT2D eigenvalue weighted by atomic mass is 9.86. The zero-order valence-corrected chi connectivity index (χ0v) is 14.8. The van der Waals surface area contributed by atoms with Gasteiger partial charge in [-0.05, 0) is 66.8 Å². The second-order valence-corrected chi connectivity index (χ2v) is 6.49. The van der Waals surface area contributed by atoms with Crippen LogP contribution >= 0.6 is 0 Å². The summed E-state index contributed by atoms with van der Waals surface area (Å²) in [6, 6.07) is 13.7. The van der Waals surface area contributed by atoms with Gasteiger partial charge in [-0.2, -0.15) is 0 Å². The molecule has 3 rings (SSSR count). The number of benzene rings is 2. The van der Waals surface area contributed by atoms with E-state index < -0.39 is 11.8 Å². The molecule has 1 saturated carbocycles. The lowest BCUT2D eigenvalue weighted by molar-refractivity contribution is -0.112. The molecule has 0 atom stereocenters. The minimum absolute atomic E-state index is 0.0270. The zero-order chi connectivity index (χ0) is 19.4. The van der Waals surface area contributed by atoms with E-state index >= 15 is 0 Å². The van der Waals surface area contributed by atoms with Crippen LogP contribution in [0.25, 0.3) is 12.2 Å². The van der Waals surface area contributed by atoms with Crippen LogP contribution < -0.4 is 11.5 Å². The van der Waals surface area contributed by atoms with Crippen molar-refractivity contribution in [2.75, 3.05) is 0 Å². The van der Waals surface area contributed by atoms with Crippen LogP contribution in [0.1, 0.15) is 51.1 Å². The van der Waals surface area contributed by atoms with E-state index in [1.165, 1.54) is 0 Å². The summed E-state index contributed by atoms with van der Waals surface area (Å²) in [6.45, 7) is 0. The Morgan fingerprint density at radius 1 is 0.704 bits per heavy atom. The van der Waals surface area contributed by atoms with Crippen LogP contribution in [0.2, 0.25) is 0 Å². The van der Waals surface area contributed by atoms with Crippen LogP contribution in [0, 0.1) is 0 Å². The molecule has 2 aromatic rings. The van der Waals surface area contributed by atoms with E-state index in [0.717, 1.165) is 28.7 Å². The number of amides is 2. The van der Waals surface area contributed by atoms with Gasteiger partial charge in [0, 0.05) is 22.3 Å². The molecule has 5 heteroatoms. The highest BCUT2D eigenvalue weighted by atomic mass is 16.1. The molecule has 1 aliphatic rings. The molecule has 5 nitrogen and oxygen atoms in total. The van der Waals surface area contributed by atoms with Gasteiger partial charge in [-0.25, -0.2) is 0 Å². The van der Waals surface area contributed by atoms with Gasteiger partial charge >= 0.3 is 0 Å². The Balaban J connectivity index is 1.82. The number of Topliss-reactive ketones (excluding diaryl/α,β-unsaturated/α-hetero) is 1. The fourth-order valence-corrected chi connectivity index (χ4v) is 3.07. The molecule has 0 saturated heterocycles. The first-order valence-electron chi connectivity index (χ1n) is 8.69. The molecule has 0 aromatic heterocycles. The van der Waals surface area contributed by atoms with Crippen LogP contribution in [0.4, 0.5) is 0 Å². The van der Waals surface area contributed by atoms with Crippen molar-refractivity contribution in [2.24, 2.45) is 11.5 Å². The van der Waals surface area contributed by atoms with E-state index in [9.17, 15) is 14.4 Å². The molecule has 0 heterocycles. The third-order valence-electron chi connectivity index (χ3n) is 4.55. The number of ketones is 1. The Labute approximate surface area is 157 Å². The largest absolute Gasteiger partial charge is 0.366 e. The van der Waals surface area contributed by atoms with Crippen LogP contribution in [0.3, 0.4) is 0 Å². The number of primary amides is 2. The summed E-state index contributed by atoms with van der Waals surface area (Å²) in [5.41, 5.74) is 14.6. The molecular formula is C22H20N2O3.